The summed E-state index contributed by atoms with van der Waals surface area (Å²) in [5, 5.41) is 9.86. The molecule has 0 aliphatic rings. The van der Waals surface area contributed by atoms with E-state index in [0.29, 0.717) is 3.17 Å². The molecule has 0 fully saturated rings. The maximum Gasteiger partial charge on any atom is 0.335 e. The van der Waals surface area contributed by atoms with Crippen molar-refractivity contribution in [2.45, 2.75) is 10.1 Å². The fourth-order valence-electron chi connectivity index (χ4n) is 2.10. The summed E-state index contributed by atoms with van der Waals surface area (Å²) in [5.74, 6) is 0. The van der Waals surface area contributed by atoms with E-state index in [1.807, 2.05) is 12.1 Å². The van der Waals surface area contributed by atoms with Gasteiger partial charge in [0.15, 0.2) is 0 Å². The molecule has 4 N–H and O–H groups in total. The number of para-hydroxylation sites is 1. The number of carbonyl (C=O) groups excluding carboxylic acids is 1. The van der Waals surface area contributed by atoms with Crippen LogP contribution < -0.4 is 11.2 Å². The summed E-state index contributed by atoms with van der Waals surface area (Å²) in [6, 6.07) is 13.9. The molecule has 0 saturated heterocycles. The zero-order chi connectivity index (χ0) is 15.4. The molecule has 104 valence electrons. The number of carbonyl (C=O) groups is 1. The molecule has 0 aliphatic carbocycles. The summed E-state index contributed by atoms with van der Waals surface area (Å²) < 4.78 is 6.54. The predicted octanol–water partition coefficient (Wildman–Crippen LogP) is 2.86. The molecule has 0 saturated carbocycles. The first-order chi connectivity index (χ1) is 10.0. The minimum atomic E-state index is -0.940. The number of hydroxylamine groups is 1. The molecule has 0 spiro atoms. The van der Waals surface area contributed by atoms with Gasteiger partial charge in [0.05, 0.1) is 0 Å². The number of amides is 2. The molecule has 2 aromatic carbocycles. The van der Waals surface area contributed by atoms with Crippen molar-refractivity contribution in [3.8, 4) is 0 Å². The van der Waals surface area contributed by atoms with E-state index in [-0.39, 0.29) is 0 Å². The van der Waals surface area contributed by atoms with E-state index in [1.165, 1.54) is 49.7 Å². The molecule has 3 rings (SSSR count). The molecule has 3 aromatic rings. The number of rotatable bonds is 1. The van der Waals surface area contributed by atoms with Crippen molar-refractivity contribution in [2.75, 3.05) is 0 Å². The van der Waals surface area contributed by atoms with Crippen molar-refractivity contribution in [3.63, 3.8) is 0 Å². The summed E-state index contributed by atoms with van der Waals surface area (Å²) >= 11 is 1.18. The predicted molar refractivity (Wildman–Crippen MR) is 82.4 cm³/mol. The van der Waals surface area contributed by atoms with E-state index in [2.05, 4.69) is 43.0 Å². The fraction of sp³-hybridized carbons (Fsp3) is 0.133. The number of fused-ring (bicyclic) bond motifs is 3. The normalized spacial score (nSPS) is 11.8. The van der Waals surface area contributed by atoms with Crippen LogP contribution in [0.3, 0.4) is 0 Å². The molecular weight excluding hydrogens is 279 g/mol. The first kappa shape index (κ1) is 15.9. The molecule has 0 aliphatic heterocycles. The summed E-state index contributed by atoms with van der Waals surface area (Å²) in [7, 11) is 0. The smallest absolute Gasteiger partial charge is 0.335 e. The van der Waals surface area contributed by atoms with Gasteiger partial charge in [-0.25, -0.2) is 10.3 Å². The van der Waals surface area contributed by atoms with Gasteiger partial charge >= 0.3 is 118 Å². The standard InChI is InChI=1S/C14H11O.CH4N2O2.Na/c1-2-10-7-8-12-11-5-3-4-6-13(11)15-14(12)9-10;2-1(4)3-5;/h2-9H,1H3;5H,(H3,2,3,4);. The van der Waals surface area contributed by atoms with E-state index in [9.17, 15) is 4.79 Å². The van der Waals surface area contributed by atoms with E-state index >= 15 is 0 Å². The second-order valence-corrected chi connectivity index (χ2v) is 6.72. The molecule has 2 amide bonds. The number of nitrogens with two attached hydrogens (primary N) is 1. The minimum Gasteiger partial charge on any atom is -0.350 e. The SMILES string of the molecule is C[CH]([Na])c1ccc2c(c1)oc1ccccc12.NC(=O)NO. The number of hydrogen-bond acceptors (Lipinski definition) is 3. The third-order valence-electron chi connectivity index (χ3n) is 3.18. The van der Waals surface area contributed by atoms with Crippen molar-refractivity contribution in [1.29, 1.82) is 0 Å². The molecule has 6 heteroatoms. The number of hydrogen-bond donors (Lipinski definition) is 3. The Morgan fingerprint density at radius 1 is 1.24 bits per heavy atom. The number of benzene rings is 2. The van der Waals surface area contributed by atoms with Crippen LogP contribution in [0.25, 0.3) is 21.9 Å². The van der Waals surface area contributed by atoms with Crippen molar-refractivity contribution < 1.29 is 14.4 Å². The Kier molecular flexibility index (Phi) is 5.25. The van der Waals surface area contributed by atoms with Gasteiger partial charge < -0.3 is 5.73 Å². The molecule has 1 heterocycles. The Bertz CT molecular complexity index is 768. The molecule has 0 radical (unpaired) electrons. The summed E-state index contributed by atoms with van der Waals surface area (Å²) in [5.41, 5.74) is 8.84. The van der Waals surface area contributed by atoms with Crippen LogP contribution in [0.15, 0.2) is 46.9 Å². The Morgan fingerprint density at radius 3 is 2.48 bits per heavy atom. The first-order valence-corrected chi connectivity index (χ1v) is 7.79. The number of furan rings is 1. The van der Waals surface area contributed by atoms with Gasteiger partial charge in [-0.2, -0.15) is 0 Å². The third-order valence-corrected chi connectivity index (χ3v) is 3.85. The van der Waals surface area contributed by atoms with Crippen molar-refractivity contribution >= 4 is 55.9 Å². The van der Waals surface area contributed by atoms with Crippen LogP contribution >= 0.6 is 0 Å². The second-order valence-electron chi connectivity index (χ2n) is 4.98. The van der Waals surface area contributed by atoms with Crippen LogP contribution in [0.2, 0.25) is 0 Å². The van der Waals surface area contributed by atoms with Gasteiger partial charge in [-0.15, -0.1) is 0 Å². The van der Waals surface area contributed by atoms with Gasteiger partial charge in [0.1, 0.15) is 0 Å². The van der Waals surface area contributed by atoms with E-state index in [0.717, 1.165) is 11.2 Å². The van der Waals surface area contributed by atoms with Crippen LogP contribution in [0, 0.1) is 0 Å². The molecule has 1 unspecified atom stereocenters. The molecule has 0 bridgehead atoms. The monoisotopic (exact) mass is 294 g/mol. The Labute approximate surface area is 139 Å². The van der Waals surface area contributed by atoms with Crippen LogP contribution in [0.4, 0.5) is 4.79 Å². The van der Waals surface area contributed by atoms with Gasteiger partial charge in [0.2, 0.25) is 0 Å². The average molecular weight is 294 g/mol. The second kappa shape index (κ2) is 6.95. The largest absolute Gasteiger partial charge is 0.350 e. The molecule has 1 atom stereocenters. The van der Waals surface area contributed by atoms with Crippen LogP contribution in [0.5, 0.6) is 0 Å². The van der Waals surface area contributed by atoms with Crippen LogP contribution in [0.1, 0.15) is 15.7 Å². The van der Waals surface area contributed by atoms with Crippen molar-refractivity contribution in [1.82, 2.24) is 5.48 Å². The molecule has 21 heavy (non-hydrogen) atoms. The topological polar surface area (TPSA) is 88.5 Å². The first-order valence-electron chi connectivity index (χ1n) is 6.63. The third kappa shape index (κ3) is 3.77. The van der Waals surface area contributed by atoms with Gasteiger partial charge in [0, 0.05) is 0 Å². The van der Waals surface area contributed by atoms with Gasteiger partial charge in [-0.05, 0) is 0 Å². The average Bonchev–Trinajstić information content (AvgIpc) is 2.85. The van der Waals surface area contributed by atoms with Gasteiger partial charge in [-0.1, -0.05) is 0 Å². The summed E-state index contributed by atoms with van der Waals surface area (Å²) in [6.45, 7) is 2.26. The summed E-state index contributed by atoms with van der Waals surface area (Å²) in [6.07, 6.45) is 0. The summed E-state index contributed by atoms with van der Waals surface area (Å²) in [4.78, 5) is 9.23. The molecular formula is C15H15N2NaO3. The quantitative estimate of drug-likeness (QED) is 0.366. The van der Waals surface area contributed by atoms with E-state index in [1.54, 1.807) is 0 Å². The molecule has 1 aromatic heterocycles. The zero-order valence-electron chi connectivity index (χ0n) is 12.0. The number of primary amides is 1. The van der Waals surface area contributed by atoms with E-state index < -0.39 is 6.03 Å². The minimum absolute atomic E-state index is 0.678. The maximum absolute atomic E-state index is 9.23. The fourth-order valence-corrected chi connectivity index (χ4v) is 2.46. The van der Waals surface area contributed by atoms with Gasteiger partial charge in [0.25, 0.3) is 0 Å². The van der Waals surface area contributed by atoms with Crippen molar-refractivity contribution in [2.24, 2.45) is 5.73 Å². The Balaban J connectivity index is 0.000000282. The van der Waals surface area contributed by atoms with E-state index in [4.69, 9.17) is 9.62 Å². The van der Waals surface area contributed by atoms with Crippen LogP contribution in [-0.2, 0) is 0 Å². The Morgan fingerprint density at radius 2 is 1.86 bits per heavy atom. The number of urea groups is 1. The zero-order valence-corrected chi connectivity index (χ0v) is 14.0. The van der Waals surface area contributed by atoms with Gasteiger partial charge in [-0.3, -0.25) is 5.21 Å². The maximum atomic E-state index is 9.23. The molecule has 5 nitrogen and oxygen atoms in total. The Hall–Kier alpha value is -1.53. The van der Waals surface area contributed by atoms with Crippen LogP contribution in [-0.4, -0.2) is 39.2 Å². The van der Waals surface area contributed by atoms with Crippen molar-refractivity contribution in [3.05, 3.63) is 48.0 Å². The number of nitrogens with one attached hydrogen (secondary N) is 1.